The average molecular weight is 379 g/mol. The number of benzene rings is 2. The molecular weight excluding hydrogens is 358 g/mol. The Morgan fingerprint density at radius 3 is 2.57 bits per heavy atom. The third-order valence-corrected chi connectivity index (χ3v) is 4.42. The fourth-order valence-corrected chi connectivity index (χ4v) is 3.01. The van der Waals surface area contributed by atoms with Crippen molar-refractivity contribution in [1.82, 2.24) is 4.57 Å². The molecule has 0 fully saturated rings. The molecule has 0 aliphatic heterocycles. The summed E-state index contributed by atoms with van der Waals surface area (Å²) in [5.74, 6) is 0.808. The molecule has 28 heavy (non-hydrogen) atoms. The summed E-state index contributed by atoms with van der Waals surface area (Å²) in [6, 6.07) is 16.2. The lowest BCUT2D eigenvalue weighted by Gasteiger charge is -2.10. The van der Waals surface area contributed by atoms with Crippen molar-refractivity contribution in [1.29, 1.82) is 0 Å². The van der Waals surface area contributed by atoms with Crippen LogP contribution in [-0.2, 0) is 11.4 Å². The molecule has 7 heteroatoms. The number of ether oxygens (including phenoxy) is 1. The Balaban J connectivity index is 1.71. The van der Waals surface area contributed by atoms with E-state index in [2.05, 4.69) is 9.72 Å². The van der Waals surface area contributed by atoms with E-state index in [0.717, 1.165) is 28.4 Å². The highest BCUT2D eigenvalue weighted by Crippen LogP contribution is 2.22. The monoisotopic (exact) mass is 379 g/mol. The van der Waals surface area contributed by atoms with Crippen LogP contribution < -0.4 is 4.74 Å². The number of methoxy groups -OCH3 is 1. The Morgan fingerprint density at radius 1 is 1.14 bits per heavy atom. The van der Waals surface area contributed by atoms with Crippen molar-refractivity contribution in [2.75, 3.05) is 7.11 Å². The molecule has 0 atom stereocenters. The molecule has 0 unspecified atom stereocenters. The lowest BCUT2D eigenvalue weighted by molar-refractivity contribution is -0.384. The summed E-state index contributed by atoms with van der Waals surface area (Å²) in [6.07, 6.45) is 1.65. The van der Waals surface area contributed by atoms with Crippen molar-refractivity contribution in [3.63, 3.8) is 0 Å². The van der Waals surface area contributed by atoms with Crippen molar-refractivity contribution in [2.24, 2.45) is 5.16 Å². The summed E-state index contributed by atoms with van der Waals surface area (Å²) < 4.78 is 7.34. The molecule has 1 aromatic heterocycles. The van der Waals surface area contributed by atoms with Crippen molar-refractivity contribution >= 4 is 11.9 Å². The minimum absolute atomic E-state index is 0.0353. The molecule has 2 aromatic carbocycles. The Hall–Kier alpha value is -3.61. The van der Waals surface area contributed by atoms with Gasteiger partial charge in [-0.2, -0.15) is 0 Å². The van der Waals surface area contributed by atoms with Gasteiger partial charge in [0.2, 0.25) is 0 Å². The van der Waals surface area contributed by atoms with Gasteiger partial charge in [0.25, 0.3) is 5.69 Å². The molecule has 0 aliphatic rings. The smallest absolute Gasteiger partial charge is 0.269 e. The molecule has 0 spiro atoms. The van der Waals surface area contributed by atoms with Crippen LogP contribution in [0, 0.1) is 24.0 Å². The quantitative estimate of drug-likeness (QED) is 0.342. The second-order valence-corrected chi connectivity index (χ2v) is 6.29. The van der Waals surface area contributed by atoms with Crippen LogP contribution in [0.3, 0.4) is 0 Å². The average Bonchev–Trinajstić information content (AvgIpc) is 2.99. The molecule has 0 radical (unpaired) electrons. The standard InChI is InChI=1S/C21H21N3O4/c1-15-11-18(16(2)23(15)19-7-9-21(27-3)10-8-19)13-22-28-14-17-5-4-6-20(12-17)24(25)26/h4-13H,14H2,1-3H3/b22-13-. The molecule has 7 nitrogen and oxygen atoms in total. The lowest BCUT2D eigenvalue weighted by atomic mass is 10.2. The van der Waals surface area contributed by atoms with Crippen LogP contribution in [0.15, 0.2) is 59.8 Å². The Kier molecular flexibility index (Phi) is 5.74. The number of oxime groups is 1. The third kappa shape index (κ3) is 4.20. The summed E-state index contributed by atoms with van der Waals surface area (Å²) in [4.78, 5) is 15.7. The molecule has 144 valence electrons. The maximum absolute atomic E-state index is 10.8. The maximum Gasteiger partial charge on any atom is 0.269 e. The minimum Gasteiger partial charge on any atom is -0.497 e. The van der Waals surface area contributed by atoms with Gasteiger partial charge in [-0.15, -0.1) is 0 Å². The summed E-state index contributed by atoms with van der Waals surface area (Å²) in [5, 5.41) is 14.8. The molecule has 0 aliphatic carbocycles. The predicted molar refractivity (Wildman–Crippen MR) is 107 cm³/mol. The highest BCUT2D eigenvalue weighted by atomic mass is 16.6. The number of hydrogen-bond donors (Lipinski definition) is 0. The normalized spacial score (nSPS) is 11.0. The lowest BCUT2D eigenvalue weighted by Crippen LogP contribution is -1.99. The van der Waals surface area contributed by atoms with Gasteiger partial charge in [0.15, 0.2) is 0 Å². The number of rotatable bonds is 7. The van der Waals surface area contributed by atoms with E-state index in [1.165, 1.54) is 12.1 Å². The van der Waals surface area contributed by atoms with Crippen molar-refractivity contribution in [2.45, 2.75) is 20.5 Å². The van der Waals surface area contributed by atoms with E-state index < -0.39 is 4.92 Å². The van der Waals surface area contributed by atoms with E-state index in [0.29, 0.717) is 5.56 Å². The first kappa shape index (κ1) is 19.2. The Bertz CT molecular complexity index is 1010. The van der Waals surface area contributed by atoms with E-state index >= 15 is 0 Å². The summed E-state index contributed by atoms with van der Waals surface area (Å²) in [5.41, 5.74) is 4.80. The SMILES string of the molecule is COc1ccc(-n2c(C)cc(/C=N\OCc3cccc([N+](=O)[O-])c3)c2C)cc1. The largest absolute Gasteiger partial charge is 0.497 e. The van der Waals surface area contributed by atoms with E-state index in [-0.39, 0.29) is 12.3 Å². The second kappa shape index (κ2) is 8.39. The van der Waals surface area contributed by atoms with Gasteiger partial charge in [-0.25, -0.2) is 0 Å². The maximum atomic E-state index is 10.8. The van der Waals surface area contributed by atoms with Crippen molar-refractivity contribution < 1.29 is 14.5 Å². The number of nitrogens with zero attached hydrogens (tertiary/aromatic N) is 3. The van der Waals surface area contributed by atoms with E-state index in [1.54, 1.807) is 25.5 Å². The van der Waals surface area contributed by atoms with Crippen molar-refractivity contribution in [3.8, 4) is 11.4 Å². The molecule has 0 bridgehead atoms. The molecule has 0 saturated carbocycles. The van der Waals surface area contributed by atoms with Crippen LogP contribution in [0.25, 0.3) is 5.69 Å². The number of nitro groups is 1. The van der Waals surface area contributed by atoms with Gasteiger partial charge in [0.05, 0.1) is 18.2 Å². The van der Waals surface area contributed by atoms with Gasteiger partial charge < -0.3 is 14.1 Å². The van der Waals surface area contributed by atoms with Crippen LogP contribution in [0.4, 0.5) is 5.69 Å². The zero-order chi connectivity index (χ0) is 20.1. The molecule has 0 saturated heterocycles. The summed E-state index contributed by atoms with van der Waals surface area (Å²) >= 11 is 0. The number of non-ortho nitro benzene ring substituents is 1. The first-order chi connectivity index (χ1) is 13.5. The molecule has 3 aromatic rings. The highest BCUT2D eigenvalue weighted by Gasteiger charge is 2.10. The fourth-order valence-electron chi connectivity index (χ4n) is 3.01. The Labute approximate surface area is 163 Å². The van der Waals surface area contributed by atoms with Crippen LogP contribution in [0.5, 0.6) is 5.75 Å². The number of aromatic nitrogens is 1. The third-order valence-electron chi connectivity index (χ3n) is 4.42. The van der Waals surface area contributed by atoms with E-state index in [1.807, 2.05) is 44.2 Å². The number of hydrogen-bond acceptors (Lipinski definition) is 5. The van der Waals surface area contributed by atoms with Gasteiger partial charge in [-0.05, 0) is 49.7 Å². The van der Waals surface area contributed by atoms with E-state index in [9.17, 15) is 10.1 Å². The van der Waals surface area contributed by atoms with Gasteiger partial charge in [-0.1, -0.05) is 17.3 Å². The summed E-state index contributed by atoms with van der Waals surface area (Å²) in [7, 11) is 1.64. The fraction of sp³-hybridized carbons (Fsp3) is 0.190. The van der Waals surface area contributed by atoms with Crippen LogP contribution in [-0.4, -0.2) is 22.8 Å². The molecule has 0 N–H and O–H groups in total. The first-order valence-electron chi connectivity index (χ1n) is 8.71. The van der Waals surface area contributed by atoms with Crippen LogP contribution >= 0.6 is 0 Å². The summed E-state index contributed by atoms with van der Waals surface area (Å²) in [6.45, 7) is 4.20. The zero-order valence-corrected chi connectivity index (χ0v) is 16.0. The molecule has 1 heterocycles. The minimum atomic E-state index is -0.430. The Morgan fingerprint density at radius 2 is 1.89 bits per heavy atom. The topological polar surface area (TPSA) is 78.9 Å². The van der Waals surface area contributed by atoms with Gasteiger partial charge in [0.1, 0.15) is 12.4 Å². The van der Waals surface area contributed by atoms with Gasteiger partial charge >= 0.3 is 0 Å². The molecule has 0 amide bonds. The molecule has 3 rings (SSSR count). The zero-order valence-electron chi connectivity index (χ0n) is 16.0. The van der Waals surface area contributed by atoms with Crippen LogP contribution in [0.2, 0.25) is 0 Å². The van der Waals surface area contributed by atoms with Crippen LogP contribution in [0.1, 0.15) is 22.5 Å². The van der Waals surface area contributed by atoms with Gasteiger partial charge in [-0.3, -0.25) is 10.1 Å². The number of nitro benzene ring substituents is 1. The number of aryl methyl sites for hydroxylation is 1. The first-order valence-corrected chi connectivity index (χ1v) is 8.71. The predicted octanol–water partition coefficient (Wildman–Crippen LogP) is 4.56. The van der Waals surface area contributed by atoms with E-state index in [4.69, 9.17) is 9.57 Å². The van der Waals surface area contributed by atoms with Crippen molar-refractivity contribution in [3.05, 3.63) is 87.2 Å². The highest BCUT2D eigenvalue weighted by molar-refractivity contribution is 5.81. The second-order valence-electron chi connectivity index (χ2n) is 6.29. The van der Waals surface area contributed by atoms with Gasteiger partial charge in [0, 0.05) is 34.8 Å². The molecular formula is C21H21N3O4.